The summed E-state index contributed by atoms with van der Waals surface area (Å²) < 4.78 is 29.8. The van der Waals surface area contributed by atoms with E-state index in [0.717, 1.165) is 5.39 Å². The van der Waals surface area contributed by atoms with E-state index >= 15 is 0 Å². The number of sulfone groups is 1. The van der Waals surface area contributed by atoms with Crippen molar-refractivity contribution in [2.75, 3.05) is 12.3 Å². The van der Waals surface area contributed by atoms with Crippen LogP contribution in [-0.4, -0.2) is 49.6 Å². The number of aliphatic carboxylic acids is 1. The van der Waals surface area contributed by atoms with Crippen molar-refractivity contribution in [1.82, 2.24) is 10.6 Å². The van der Waals surface area contributed by atoms with E-state index in [2.05, 4.69) is 10.6 Å². The Hall–Kier alpha value is -3.86. The van der Waals surface area contributed by atoms with E-state index in [1.54, 1.807) is 49.6 Å². The van der Waals surface area contributed by atoms with Gasteiger partial charge in [0, 0.05) is 23.9 Å². The first-order chi connectivity index (χ1) is 19.9. The lowest BCUT2D eigenvalue weighted by atomic mass is 10.0. The number of amides is 2. The molecule has 4 rings (SSSR count). The maximum absolute atomic E-state index is 13.3. The Morgan fingerprint density at radius 1 is 1.02 bits per heavy atom. The number of carbonyl (C=O) groups is 3. The molecule has 0 saturated carbocycles. The third kappa shape index (κ3) is 6.95. The lowest BCUT2D eigenvalue weighted by Crippen LogP contribution is -2.42. The van der Waals surface area contributed by atoms with Crippen molar-refractivity contribution in [1.29, 1.82) is 0 Å². The molecule has 0 aliphatic carbocycles. The molecule has 220 valence electrons. The van der Waals surface area contributed by atoms with Crippen LogP contribution in [0.1, 0.15) is 44.3 Å². The van der Waals surface area contributed by atoms with Gasteiger partial charge in [0.2, 0.25) is 0 Å². The van der Waals surface area contributed by atoms with Crippen LogP contribution in [0.5, 0.6) is 0 Å². The molecule has 0 fully saturated rings. The van der Waals surface area contributed by atoms with Gasteiger partial charge in [-0.15, -0.1) is 0 Å². The molecule has 1 heterocycles. The van der Waals surface area contributed by atoms with Crippen molar-refractivity contribution in [3.05, 3.63) is 98.7 Å². The van der Waals surface area contributed by atoms with E-state index in [1.807, 2.05) is 0 Å². The zero-order valence-electron chi connectivity index (χ0n) is 22.7. The van der Waals surface area contributed by atoms with Crippen LogP contribution in [0.3, 0.4) is 0 Å². The number of fused-ring (bicyclic) bond motifs is 1. The number of carboxylic acid groups (broad SMARTS) is 1. The number of hydrogen-bond acceptors (Lipinski definition) is 6. The number of aryl methyl sites for hydroxylation is 1. The van der Waals surface area contributed by atoms with E-state index in [0.29, 0.717) is 27.8 Å². The predicted octanol–water partition coefficient (Wildman–Crippen LogP) is 5.24. The van der Waals surface area contributed by atoms with Gasteiger partial charge in [0.15, 0.2) is 9.84 Å². The molecule has 12 heteroatoms. The van der Waals surface area contributed by atoms with E-state index in [4.69, 9.17) is 27.6 Å². The highest BCUT2D eigenvalue weighted by atomic mass is 35.5. The van der Waals surface area contributed by atoms with Crippen molar-refractivity contribution in [3.63, 3.8) is 0 Å². The Morgan fingerprint density at radius 3 is 2.50 bits per heavy atom. The minimum absolute atomic E-state index is 0.0368. The Morgan fingerprint density at radius 2 is 1.79 bits per heavy atom. The Labute approximate surface area is 252 Å². The summed E-state index contributed by atoms with van der Waals surface area (Å²) >= 11 is 13.0. The Balaban J connectivity index is 1.48. The predicted molar refractivity (Wildman–Crippen MR) is 160 cm³/mol. The molecular weight excluding hydrogens is 603 g/mol. The number of carbonyl (C=O) groups excluding carboxylic acids is 2. The van der Waals surface area contributed by atoms with Gasteiger partial charge >= 0.3 is 5.97 Å². The lowest BCUT2D eigenvalue weighted by Gasteiger charge is -2.18. The average Bonchev–Trinajstić information content (AvgIpc) is 3.42. The van der Waals surface area contributed by atoms with Crippen LogP contribution < -0.4 is 10.6 Å². The molecule has 3 N–H and O–H groups in total. The number of furan rings is 1. The molecule has 0 aliphatic heterocycles. The molecule has 42 heavy (non-hydrogen) atoms. The van der Waals surface area contributed by atoms with Gasteiger partial charge in [0.25, 0.3) is 11.8 Å². The molecule has 0 bridgehead atoms. The SMILES string of the molecule is CCS(=O)(=O)c1cccc(CC(NC(=O)c2c(Cl)cc(C)c(CCNC(=O)c3ccc4ccoc4c3)c2Cl)C(=O)O)c1. The average molecular weight is 632 g/mol. The fraction of sp³-hybridized carbons (Fsp3) is 0.233. The maximum atomic E-state index is 13.3. The number of benzene rings is 3. The minimum Gasteiger partial charge on any atom is -0.480 e. The molecule has 9 nitrogen and oxygen atoms in total. The monoisotopic (exact) mass is 630 g/mol. The van der Waals surface area contributed by atoms with Crippen LogP contribution >= 0.6 is 23.2 Å². The van der Waals surface area contributed by atoms with Crippen molar-refractivity contribution in [3.8, 4) is 0 Å². The largest absolute Gasteiger partial charge is 0.480 e. The Bertz CT molecular complexity index is 1780. The van der Waals surface area contributed by atoms with E-state index in [-0.39, 0.29) is 51.6 Å². The summed E-state index contributed by atoms with van der Waals surface area (Å²) in [5, 5.41) is 16.0. The number of nitrogens with one attached hydrogen (secondary N) is 2. The smallest absolute Gasteiger partial charge is 0.326 e. The van der Waals surface area contributed by atoms with Gasteiger partial charge in [-0.25, -0.2) is 13.2 Å². The van der Waals surface area contributed by atoms with Gasteiger partial charge in [-0.1, -0.05) is 48.3 Å². The molecule has 0 spiro atoms. The van der Waals surface area contributed by atoms with Crippen LogP contribution in [-0.2, 0) is 27.5 Å². The standard InChI is InChI=1S/C30H28Cl2N2O7S/c1-3-42(39,40)21-6-4-5-18(14-21)15-24(30(37)38)34-29(36)26-23(31)13-17(2)22(27(26)32)9-11-33-28(35)20-8-7-19-10-12-41-25(19)16-20/h4-8,10,12-14,16,24H,3,9,11,15H2,1-2H3,(H,33,35)(H,34,36)(H,37,38). The van der Waals surface area contributed by atoms with Gasteiger partial charge < -0.3 is 20.2 Å². The number of halogens is 2. The maximum Gasteiger partial charge on any atom is 0.326 e. The van der Waals surface area contributed by atoms with Crippen LogP contribution in [0.25, 0.3) is 11.0 Å². The fourth-order valence-electron chi connectivity index (χ4n) is 4.49. The molecule has 4 aromatic rings. The third-order valence-corrected chi connectivity index (χ3v) is 9.28. The van der Waals surface area contributed by atoms with Crippen LogP contribution in [0.4, 0.5) is 0 Å². The third-order valence-electron chi connectivity index (χ3n) is 6.83. The molecule has 1 atom stereocenters. The highest BCUT2D eigenvalue weighted by Gasteiger charge is 2.26. The van der Waals surface area contributed by atoms with Crippen LogP contribution in [0.2, 0.25) is 10.0 Å². The first-order valence-corrected chi connectivity index (χ1v) is 15.4. The summed E-state index contributed by atoms with van der Waals surface area (Å²) in [5.74, 6) is -2.53. The van der Waals surface area contributed by atoms with E-state index in [1.165, 1.54) is 25.1 Å². The second-order valence-electron chi connectivity index (χ2n) is 9.64. The minimum atomic E-state index is -3.50. The summed E-state index contributed by atoms with van der Waals surface area (Å²) in [6, 6.07) is 13.0. The first kappa shape index (κ1) is 31.1. The summed E-state index contributed by atoms with van der Waals surface area (Å²) in [5.41, 5.74) is 2.60. The Kier molecular flexibility index (Phi) is 9.60. The molecular formula is C30H28Cl2N2O7S. The first-order valence-electron chi connectivity index (χ1n) is 13.0. The highest BCUT2D eigenvalue weighted by Crippen LogP contribution is 2.32. The zero-order valence-corrected chi connectivity index (χ0v) is 25.1. The summed E-state index contributed by atoms with van der Waals surface area (Å²) in [6.45, 7) is 3.48. The van der Waals surface area contributed by atoms with Crippen molar-refractivity contribution < 1.29 is 32.3 Å². The molecule has 1 aromatic heterocycles. The van der Waals surface area contributed by atoms with E-state index in [9.17, 15) is 27.9 Å². The van der Waals surface area contributed by atoms with Crippen molar-refractivity contribution >= 4 is 61.8 Å². The number of carboxylic acids is 1. The normalized spacial score (nSPS) is 12.2. The molecule has 0 aliphatic rings. The van der Waals surface area contributed by atoms with Gasteiger partial charge in [-0.3, -0.25) is 9.59 Å². The second-order valence-corrected chi connectivity index (χ2v) is 12.7. The van der Waals surface area contributed by atoms with Crippen molar-refractivity contribution in [2.24, 2.45) is 0 Å². The van der Waals surface area contributed by atoms with Crippen molar-refractivity contribution in [2.45, 2.75) is 37.6 Å². The van der Waals surface area contributed by atoms with Crippen LogP contribution in [0, 0.1) is 6.92 Å². The quantitative estimate of drug-likeness (QED) is 0.206. The molecule has 1 unspecified atom stereocenters. The molecule has 3 aromatic carbocycles. The molecule has 2 amide bonds. The second kappa shape index (κ2) is 13.0. The van der Waals surface area contributed by atoms with Crippen LogP contribution in [0.15, 0.2) is 70.2 Å². The number of hydrogen-bond donors (Lipinski definition) is 3. The molecule has 0 saturated heterocycles. The van der Waals surface area contributed by atoms with Gasteiger partial charge in [0.05, 0.1) is 32.5 Å². The summed E-state index contributed by atoms with van der Waals surface area (Å²) in [7, 11) is -3.50. The highest BCUT2D eigenvalue weighted by molar-refractivity contribution is 7.91. The topological polar surface area (TPSA) is 143 Å². The number of rotatable bonds is 11. The summed E-state index contributed by atoms with van der Waals surface area (Å²) in [4.78, 5) is 38.0. The van der Waals surface area contributed by atoms with Gasteiger partial charge in [-0.05, 0) is 66.4 Å². The van der Waals surface area contributed by atoms with Gasteiger partial charge in [-0.2, -0.15) is 0 Å². The summed E-state index contributed by atoms with van der Waals surface area (Å²) in [6.07, 6.45) is 1.65. The molecule has 0 radical (unpaired) electrons. The zero-order chi connectivity index (χ0) is 30.6. The van der Waals surface area contributed by atoms with E-state index < -0.39 is 27.8 Å². The lowest BCUT2D eigenvalue weighted by molar-refractivity contribution is -0.139. The fourth-order valence-corrected chi connectivity index (χ4v) is 6.26. The van der Waals surface area contributed by atoms with Gasteiger partial charge in [0.1, 0.15) is 11.6 Å².